The molecular weight excluding hydrogens is 200 g/mol. The number of rotatable bonds is 2. The summed E-state index contributed by atoms with van der Waals surface area (Å²) in [6.45, 7) is 7.98. The van der Waals surface area contributed by atoms with E-state index in [1.165, 1.54) is 0 Å². The molecule has 86 valence electrons. The maximum atomic E-state index is 11.9. The van der Waals surface area contributed by atoms with Gasteiger partial charge in [-0.25, -0.2) is 0 Å². The first-order valence-electron chi connectivity index (χ1n) is 5.81. The van der Waals surface area contributed by atoms with Crippen LogP contribution in [0.5, 0.6) is 0 Å². The highest BCUT2D eigenvalue weighted by Crippen LogP contribution is 2.40. The standard InChI is InChI=1S/C14H18O2/c1-9(2)11-7-12(10(3)13(15)8-11)14-5-4-6-16-14/h4-6,10-12H,1,7-8H2,2-3H3. The van der Waals surface area contributed by atoms with Gasteiger partial charge in [0.2, 0.25) is 0 Å². The van der Waals surface area contributed by atoms with E-state index < -0.39 is 0 Å². The third-order valence-corrected chi connectivity index (χ3v) is 3.70. The van der Waals surface area contributed by atoms with Crippen LogP contribution >= 0.6 is 0 Å². The zero-order valence-corrected chi connectivity index (χ0v) is 9.90. The van der Waals surface area contributed by atoms with Crippen LogP contribution in [0.2, 0.25) is 0 Å². The molecule has 2 nitrogen and oxygen atoms in total. The summed E-state index contributed by atoms with van der Waals surface area (Å²) in [6.07, 6.45) is 3.31. The van der Waals surface area contributed by atoms with Gasteiger partial charge in [-0.15, -0.1) is 0 Å². The smallest absolute Gasteiger partial charge is 0.137 e. The molecule has 0 aliphatic heterocycles. The number of carbonyl (C=O) groups excluding carboxylic acids is 1. The lowest BCUT2D eigenvalue weighted by Crippen LogP contribution is -2.30. The van der Waals surface area contributed by atoms with Gasteiger partial charge in [-0.3, -0.25) is 4.79 Å². The number of hydrogen-bond donors (Lipinski definition) is 0. The Morgan fingerprint density at radius 2 is 2.31 bits per heavy atom. The third kappa shape index (κ3) is 1.97. The normalized spacial score (nSPS) is 30.4. The van der Waals surface area contributed by atoms with Crippen LogP contribution < -0.4 is 0 Å². The molecule has 2 rings (SSSR count). The highest BCUT2D eigenvalue weighted by atomic mass is 16.3. The summed E-state index contributed by atoms with van der Waals surface area (Å²) in [5, 5.41) is 0. The fourth-order valence-corrected chi connectivity index (χ4v) is 2.49. The van der Waals surface area contributed by atoms with Gasteiger partial charge < -0.3 is 4.42 Å². The van der Waals surface area contributed by atoms with Crippen LogP contribution in [0.4, 0.5) is 0 Å². The number of carbonyl (C=O) groups is 1. The summed E-state index contributed by atoms with van der Waals surface area (Å²) in [4.78, 5) is 11.9. The van der Waals surface area contributed by atoms with Crippen molar-refractivity contribution in [1.82, 2.24) is 0 Å². The van der Waals surface area contributed by atoms with Crippen molar-refractivity contribution in [3.05, 3.63) is 36.3 Å². The highest BCUT2D eigenvalue weighted by molar-refractivity contribution is 5.83. The minimum atomic E-state index is 0.0711. The summed E-state index contributed by atoms with van der Waals surface area (Å²) in [5.74, 6) is 1.88. The van der Waals surface area contributed by atoms with Crippen molar-refractivity contribution in [1.29, 1.82) is 0 Å². The van der Waals surface area contributed by atoms with E-state index in [1.54, 1.807) is 6.26 Å². The van der Waals surface area contributed by atoms with Crippen LogP contribution in [0.25, 0.3) is 0 Å². The minimum Gasteiger partial charge on any atom is -0.469 e. The molecule has 16 heavy (non-hydrogen) atoms. The van der Waals surface area contributed by atoms with Crippen molar-refractivity contribution >= 4 is 5.78 Å². The molecule has 1 aliphatic carbocycles. The average molecular weight is 218 g/mol. The largest absolute Gasteiger partial charge is 0.469 e. The molecule has 3 atom stereocenters. The van der Waals surface area contributed by atoms with Gasteiger partial charge >= 0.3 is 0 Å². The summed E-state index contributed by atoms with van der Waals surface area (Å²) in [5.41, 5.74) is 1.11. The Hall–Kier alpha value is -1.31. The van der Waals surface area contributed by atoms with E-state index in [2.05, 4.69) is 6.58 Å². The van der Waals surface area contributed by atoms with Gasteiger partial charge in [0.05, 0.1) is 6.26 Å². The van der Waals surface area contributed by atoms with E-state index >= 15 is 0 Å². The van der Waals surface area contributed by atoms with Crippen molar-refractivity contribution in [2.24, 2.45) is 11.8 Å². The second kappa shape index (κ2) is 4.28. The molecule has 1 heterocycles. The number of hydrogen-bond acceptors (Lipinski definition) is 2. The van der Waals surface area contributed by atoms with E-state index in [4.69, 9.17) is 4.42 Å². The van der Waals surface area contributed by atoms with Crippen LogP contribution in [0.1, 0.15) is 38.4 Å². The van der Waals surface area contributed by atoms with E-state index in [0.29, 0.717) is 18.1 Å². The van der Waals surface area contributed by atoms with Gasteiger partial charge in [-0.2, -0.15) is 0 Å². The van der Waals surface area contributed by atoms with Crippen molar-refractivity contribution in [2.45, 2.75) is 32.6 Å². The van der Waals surface area contributed by atoms with E-state index in [0.717, 1.165) is 17.8 Å². The summed E-state index contributed by atoms with van der Waals surface area (Å²) < 4.78 is 5.44. The zero-order valence-electron chi connectivity index (χ0n) is 9.90. The van der Waals surface area contributed by atoms with Gasteiger partial charge in [-0.05, 0) is 31.4 Å². The number of Topliss-reactive ketones (excluding diaryl/α,β-unsaturated/α-hetero) is 1. The second-order valence-electron chi connectivity index (χ2n) is 4.86. The minimum absolute atomic E-state index is 0.0711. The fourth-order valence-electron chi connectivity index (χ4n) is 2.49. The molecule has 1 aromatic rings. The Kier molecular flexibility index (Phi) is 2.99. The van der Waals surface area contributed by atoms with Crippen LogP contribution in [0.3, 0.4) is 0 Å². The topological polar surface area (TPSA) is 30.2 Å². The Labute approximate surface area is 96.3 Å². The molecule has 0 spiro atoms. The van der Waals surface area contributed by atoms with Crippen molar-refractivity contribution in [3.8, 4) is 0 Å². The van der Waals surface area contributed by atoms with E-state index in [1.807, 2.05) is 26.0 Å². The van der Waals surface area contributed by atoms with Gasteiger partial charge in [-0.1, -0.05) is 19.1 Å². The molecule has 1 aromatic heterocycles. The first-order valence-corrected chi connectivity index (χ1v) is 5.81. The Morgan fingerprint density at radius 1 is 1.56 bits per heavy atom. The first kappa shape index (κ1) is 11.2. The molecule has 3 unspecified atom stereocenters. The summed E-state index contributed by atoms with van der Waals surface area (Å²) in [7, 11) is 0. The van der Waals surface area contributed by atoms with Crippen LogP contribution in [0, 0.1) is 11.8 Å². The molecule has 1 aliphatic rings. The zero-order chi connectivity index (χ0) is 11.7. The molecule has 0 amide bonds. The predicted molar refractivity (Wildman–Crippen MR) is 63.2 cm³/mol. The van der Waals surface area contributed by atoms with Gasteiger partial charge in [0.15, 0.2) is 0 Å². The van der Waals surface area contributed by atoms with Crippen LogP contribution in [0.15, 0.2) is 35.0 Å². The van der Waals surface area contributed by atoms with E-state index in [9.17, 15) is 4.79 Å². The Balaban J connectivity index is 2.23. The molecule has 1 saturated carbocycles. The van der Waals surface area contributed by atoms with Gasteiger partial charge in [0.25, 0.3) is 0 Å². The summed E-state index contributed by atoms with van der Waals surface area (Å²) >= 11 is 0. The fraction of sp³-hybridized carbons (Fsp3) is 0.500. The quantitative estimate of drug-likeness (QED) is 0.710. The lowest BCUT2D eigenvalue weighted by Gasteiger charge is -2.32. The maximum absolute atomic E-state index is 11.9. The van der Waals surface area contributed by atoms with Crippen molar-refractivity contribution < 1.29 is 9.21 Å². The van der Waals surface area contributed by atoms with Crippen LogP contribution in [-0.2, 0) is 4.79 Å². The second-order valence-corrected chi connectivity index (χ2v) is 4.86. The SMILES string of the molecule is C=C(C)C1CC(=O)C(C)C(c2ccco2)C1. The van der Waals surface area contributed by atoms with Crippen molar-refractivity contribution in [3.63, 3.8) is 0 Å². The summed E-state index contributed by atoms with van der Waals surface area (Å²) in [6, 6.07) is 3.85. The first-order chi connectivity index (χ1) is 7.59. The lowest BCUT2D eigenvalue weighted by atomic mass is 9.71. The molecule has 0 radical (unpaired) electrons. The average Bonchev–Trinajstić information content (AvgIpc) is 2.74. The monoisotopic (exact) mass is 218 g/mol. The van der Waals surface area contributed by atoms with Gasteiger partial charge in [0.1, 0.15) is 11.5 Å². The number of furan rings is 1. The molecule has 0 N–H and O–H groups in total. The van der Waals surface area contributed by atoms with Crippen molar-refractivity contribution in [2.75, 3.05) is 0 Å². The molecule has 0 aromatic carbocycles. The Morgan fingerprint density at radius 3 is 2.88 bits per heavy atom. The van der Waals surface area contributed by atoms with Gasteiger partial charge in [0, 0.05) is 18.3 Å². The lowest BCUT2D eigenvalue weighted by molar-refractivity contribution is -0.126. The molecule has 0 saturated heterocycles. The molecular formula is C14H18O2. The Bertz CT molecular complexity index is 389. The molecule has 0 bridgehead atoms. The number of ketones is 1. The molecule has 1 fully saturated rings. The van der Waals surface area contributed by atoms with E-state index in [-0.39, 0.29) is 11.8 Å². The highest BCUT2D eigenvalue weighted by Gasteiger charge is 2.36. The maximum Gasteiger partial charge on any atom is 0.137 e. The predicted octanol–water partition coefficient (Wildman–Crippen LogP) is 3.55. The van der Waals surface area contributed by atoms with Crippen LogP contribution in [-0.4, -0.2) is 5.78 Å². The third-order valence-electron chi connectivity index (χ3n) is 3.70. The number of allylic oxidation sites excluding steroid dienone is 1. The molecule has 2 heteroatoms.